The van der Waals surface area contributed by atoms with Gasteiger partial charge in [-0.2, -0.15) is 0 Å². The minimum Gasteiger partial charge on any atom is -0.479 e. The van der Waals surface area contributed by atoms with Crippen LogP contribution in [0.5, 0.6) is 0 Å². The number of ether oxygens (including phenoxy) is 2. The van der Waals surface area contributed by atoms with Crippen LogP contribution < -0.4 is 5.32 Å². The van der Waals surface area contributed by atoms with Crippen LogP contribution in [0.3, 0.4) is 0 Å². The van der Waals surface area contributed by atoms with E-state index in [0.29, 0.717) is 31.9 Å². The molecule has 0 aromatic heterocycles. The molecule has 6 nitrogen and oxygen atoms in total. The molecule has 1 aliphatic rings. The molecule has 20 heavy (non-hydrogen) atoms. The zero-order valence-corrected chi connectivity index (χ0v) is 12.4. The number of carbonyl (C=O) groups is 2. The average molecular weight is 287 g/mol. The van der Waals surface area contributed by atoms with E-state index >= 15 is 0 Å². The molecular weight excluding hydrogens is 262 g/mol. The fraction of sp³-hybridized carbons (Fsp3) is 0.857. The van der Waals surface area contributed by atoms with E-state index in [9.17, 15) is 9.59 Å². The van der Waals surface area contributed by atoms with Crippen LogP contribution in [-0.2, 0) is 19.1 Å². The van der Waals surface area contributed by atoms with Gasteiger partial charge in [0.15, 0.2) is 6.10 Å². The molecule has 1 rings (SSSR count). The van der Waals surface area contributed by atoms with E-state index in [-0.39, 0.29) is 12.0 Å². The number of hydrogen-bond acceptors (Lipinski definition) is 4. The number of amides is 1. The van der Waals surface area contributed by atoms with Crippen LogP contribution >= 0.6 is 0 Å². The molecule has 1 amide bonds. The van der Waals surface area contributed by atoms with Gasteiger partial charge in [0.05, 0.1) is 6.10 Å². The number of carboxylic acids is 1. The summed E-state index contributed by atoms with van der Waals surface area (Å²) in [4.78, 5) is 22.6. The Morgan fingerprint density at radius 3 is 2.50 bits per heavy atom. The maximum absolute atomic E-state index is 11.9. The van der Waals surface area contributed by atoms with E-state index in [2.05, 4.69) is 19.2 Å². The van der Waals surface area contributed by atoms with Crippen LogP contribution in [0.2, 0.25) is 0 Å². The third-order valence-electron chi connectivity index (χ3n) is 3.44. The molecule has 6 heteroatoms. The highest BCUT2D eigenvalue weighted by Gasteiger charge is 2.34. The van der Waals surface area contributed by atoms with Gasteiger partial charge >= 0.3 is 5.97 Å². The Morgan fingerprint density at radius 1 is 1.35 bits per heavy atom. The van der Waals surface area contributed by atoms with Crippen molar-refractivity contribution in [2.24, 2.45) is 5.92 Å². The summed E-state index contributed by atoms with van der Waals surface area (Å²) in [6, 6.07) is 0. The zero-order chi connectivity index (χ0) is 15.1. The lowest BCUT2D eigenvalue weighted by molar-refractivity contribution is -0.151. The number of aliphatic carboxylic acids is 1. The number of carbonyl (C=O) groups excluding carboxylic acids is 1. The Balaban J connectivity index is 2.28. The molecule has 0 radical (unpaired) electrons. The molecule has 1 fully saturated rings. The van der Waals surface area contributed by atoms with Crippen molar-refractivity contribution in [3.05, 3.63) is 0 Å². The molecule has 0 spiro atoms. The number of nitrogens with one attached hydrogen (secondary N) is 1. The maximum Gasteiger partial charge on any atom is 0.332 e. The number of carboxylic acid groups (broad SMARTS) is 1. The van der Waals surface area contributed by atoms with Crippen molar-refractivity contribution in [3.8, 4) is 0 Å². The normalized spacial score (nSPS) is 23.8. The molecule has 1 heterocycles. The van der Waals surface area contributed by atoms with Gasteiger partial charge in [0, 0.05) is 13.2 Å². The monoisotopic (exact) mass is 287 g/mol. The van der Waals surface area contributed by atoms with Crippen LogP contribution in [0, 0.1) is 5.92 Å². The molecule has 3 atom stereocenters. The molecule has 1 unspecified atom stereocenters. The second-order valence-corrected chi connectivity index (χ2v) is 5.35. The minimum atomic E-state index is -1.00. The highest BCUT2D eigenvalue weighted by atomic mass is 16.5. The smallest absolute Gasteiger partial charge is 0.332 e. The molecule has 1 saturated heterocycles. The van der Waals surface area contributed by atoms with E-state index in [4.69, 9.17) is 14.6 Å². The summed E-state index contributed by atoms with van der Waals surface area (Å²) in [6.45, 7) is 7.29. The van der Waals surface area contributed by atoms with Gasteiger partial charge in [-0.1, -0.05) is 13.8 Å². The minimum absolute atomic E-state index is 0.122. The topological polar surface area (TPSA) is 84.9 Å². The Bertz CT molecular complexity index is 332. The van der Waals surface area contributed by atoms with Crippen LogP contribution in [0.1, 0.15) is 40.0 Å². The van der Waals surface area contributed by atoms with Crippen LogP contribution in [0.4, 0.5) is 0 Å². The summed E-state index contributed by atoms with van der Waals surface area (Å²) in [5, 5.41) is 11.6. The predicted octanol–water partition coefficient (Wildman–Crippen LogP) is 1.19. The SMILES string of the molecule is CCOC(CCNC(=O)[C@@H]1CC[C@H](C(=O)O)O1)C(C)C. The summed E-state index contributed by atoms with van der Waals surface area (Å²) < 4.78 is 10.8. The fourth-order valence-electron chi connectivity index (χ4n) is 2.29. The molecule has 2 N–H and O–H groups in total. The Labute approximate surface area is 119 Å². The zero-order valence-electron chi connectivity index (χ0n) is 12.4. The molecule has 0 aromatic carbocycles. The first kappa shape index (κ1) is 16.9. The summed E-state index contributed by atoms with van der Waals surface area (Å²) in [5.74, 6) is -0.838. The van der Waals surface area contributed by atoms with Gasteiger partial charge in [0.2, 0.25) is 5.91 Å². The summed E-state index contributed by atoms with van der Waals surface area (Å²) in [7, 11) is 0. The van der Waals surface area contributed by atoms with Gasteiger partial charge in [0.25, 0.3) is 0 Å². The lowest BCUT2D eigenvalue weighted by Gasteiger charge is -2.21. The molecule has 0 aliphatic carbocycles. The lowest BCUT2D eigenvalue weighted by atomic mass is 10.0. The van der Waals surface area contributed by atoms with Gasteiger partial charge in [-0.05, 0) is 32.1 Å². The number of hydrogen-bond donors (Lipinski definition) is 2. The second kappa shape index (κ2) is 8.21. The summed E-state index contributed by atoms with van der Waals surface area (Å²) >= 11 is 0. The quantitative estimate of drug-likeness (QED) is 0.700. The molecule has 116 valence electrons. The standard InChI is InChI=1S/C14H25NO5/c1-4-19-10(9(2)3)7-8-15-13(16)11-5-6-12(20-11)14(17)18/h9-12H,4-8H2,1-3H3,(H,15,16)(H,17,18)/t10?,11-,12+/m0/s1. The van der Waals surface area contributed by atoms with E-state index < -0.39 is 18.2 Å². The molecule has 0 saturated carbocycles. The van der Waals surface area contributed by atoms with Gasteiger partial charge in [-0.25, -0.2) is 4.79 Å². The van der Waals surface area contributed by atoms with E-state index in [1.807, 2.05) is 6.92 Å². The average Bonchev–Trinajstić information content (AvgIpc) is 2.87. The molecular formula is C14H25NO5. The van der Waals surface area contributed by atoms with Crippen molar-refractivity contribution < 1.29 is 24.2 Å². The van der Waals surface area contributed by atoms with Gasteiger partial charge in [-0.3, -0.25) is 4.79 Å². The first-order valence-electron chi connectivity index (χ1n) is 7.23. The van der Waals surface area contributed by atoms with Crippen molar-refractivity contribution in [2.45, 2.75) is 58.3 Å². The van der Waals surface area contributed by atoms with Crippen molar-refractivity contribution in [2.75, 3.05) is 13.2 Å². The molecule has 1 aliphatic heterocycles. The van der Waals surface area contributed by atoms with Gasteiger partial charge in [0.1, 0.15) is 6.10 Å². The third-order valence-corrected chi connectivity index (χ3v) is 3.44. The van der Waals surface area contributed by atoms with Crippen LogP contribution in [0.15, 0.2) is 0 Å². The van der Waals surface area contributed by atoms with E-state index in [1.54, 1.807) is 0 Å². The molecule has 0 bridgehead atoms. The Morgan fingerprint density at radius 2 is 2.00 bits per heavy atom. The van der Waals surface area contributed by atoms with Crippen molar-refractivity contribution >= 4 is 11.9 Å². The van der Waals surface area contributed by atoms with Crippen molar-refractivity contribution in [1.82, 2.24) is 5.32 Å². The largest absolute Gasteiger partial charge is 0.479 e. The highest BCUT2D eigenvalue weighted by Crippen LogP contribution is 2.20. The Kier molecular flexibility index (Phi) is 6.95. The van der Waals surface area contributed by atoms with Crippen molar-refractivity contribution in [1.29, 1.82) is 0 Å². The first-order valence-corrected chi connectivity index (χ1v) is 7.23. The molecule has 0 aromatic rings. The van der Waals surface area contributed by atoms with Gasteiger partial charge < -0.3 is 19.9 Å². The highest BCUT2D eigenvalue weighted by molar-refractivity contribution is 5.82. The Hall–Kier alpha value is -1.14. The van der Waals surface area contributed by atoms with Gasteiger partial charge in [-0.15, -0.1) is 0 Å². The second-order valence-electron chi connectivity index (χ2n) is 5.35. The predicted molar refractivity (Wildman–Crippen MR) is 73.4 cm³/mol. The van der Waals surface area contributed by atoms with Crippen LogP contribution in [0.25, 0.3) is 0 Å². The van der Waals surface area contributed by atoms with Crippen molar-refractivity contribution in [3.63, 3.8) is 0 Å². The number of rotatable bonds is 8. The van der Waals surface area contributed by atoms with E-state index in [1.165, 1.54) is 0 Å². The van der Waals surface area contributed by atoms with E-state index in [0.717, 1.165) is 6.42 Å². The fourth-order valence-corrected chi connectivity index (χ4v) is 2.29. The maximum atomic E-state index is 11.9. The lowest BCUT2D eigenvalue weighted by Crippen LogP contribution is -2.37. The third kappa shape index (κ3) is 5.09. The summed E-state index contributed by atoms with van der Waals surface area (Å²) in [5.41, 5.74) is 0. The summed E-state index contributed by atoms with van der Waals surface area (Å²) in [6.07, 6.45) is 0.227. The first-order chi connectivity index (χ1) is 9.45. The van der Waals surface area contributed by atoms with Crippen LogP contribution in [-0.4, -0.2) is 48.4 Å².